The lowest BCUT2D eigenvalue weighted by atomic mass is 10.3. The summed E-state index contributed by atoms with van der Waals surface area (Å²) in [4.78, 5) is 25.7. The smallest absolute Gasteiger partial charge is 0.219 e. The second-order valence-electron chi connectivity index (χ2n) is 2.84. The van der Waals surface area contributed by atoms with E-state index in [1.54, 1.807) is 13.8 Å². The molecule has 0 radical (unpaired) electrons. The Morgan fingerprint density at radius 1 is 1.38 bits per heavy atom. The Kier molecular flexibility index (Phi) is 2.55. The van der Waals surface area contributed by atoms with Crippen LogP contribution in [0.4, 0.5) is 0 Å². The van der Waals surface area contributed by atoms with Crippen LogP contribution in [0.3, 0.4) is 0 Å². The van der Waals surface area contributed by atoms with E-state index in [9.17, 15) is 9.59 Å². The first kappa shape index (κ1) is 9.57. The number of carbonyl (C=O) groups excluding carboxylic acids is 2. The van der Waals surface area contributed by atoms with Gasteiger partial charge in [0, 0.05) is 6.92 Å². The maximum absolute atomic E-state index is 11.0. The average Bonchev–Trinajstić information content (AvgIpc) is 2.30. The largest absolute Gasteiger partial charge is 0.291 e. The van der Waals surface area contributed by atoms with Crippen molar-refractivity contribution in [3.63, 3.8) is 0 Å². The number of aryl methyl sites for hydroxylation is 2. The van der Waals surface area contributed by atoms with E-state index in [0.29, 0.717) is 11.6 Å². The molecular formula is C8H11N3O2. The van der Waals surface area contributed by atoms with Crippen molar-refractivity contribution in [2.45, 2.75) is 27.3 Å². The monoisotopic (exact) mass is 181 g/mol. The molecule has 0 unspecified atom stereocenters. The van der Waals surface area contributed by atoms with Crippen molar-refractivity contribution in [1.29, 1.82) is 0 Å². The molecule has 0 spiro atoms. The third-order valence-corrected chi connectivity index (χ3v) is 1.65. The van der Waals surface area contributed by atoms with Crippen LogP contribution in [-0.2, 0) is 16.1 Å². The number of ketones is 2. The van der Waals surface area contributed by atoms with Crippen molar-refractivity contribution in [1.82, 2.24) is 14.8 Å². The lowest BCUT2D eigenvalue weighted by Crippen LogP contribution is -2.19. The van der Waals surface area contributed by atoms with Gasteiger partial charge in [0.2, 0.25) is 5.78 Å². The Bertz CT molecular complexity index is 354. The molecule has 0 N–H and O–H groups in total. The van der Waals surface area contributed by atoms with Gasteiger partial charge in [0.05, 0.1) is 0 Å². The predicted molar refractivity (Wildman–Crippen MR) is 45.2 cm³/mol. The van der Waals surface area contributed by atoms with Gasteiger partial charge in [-0.2, -0.15) is 5.10 Å². The predicted octanol–water partition coefficient (Wildman–Crippen LogP) is 0.0530. The number of aromatic nitrogens is 3. The molecule has 0 bridgehead atoms. The Labute approximate surface area is 75.8 Å². The Balaban J connectivity index is 2.80. The highest BCUT2D eigenvalue weighted by atomic mass is 16.2. The molecule has 5 heteroatoms. The normalized spacial score (nSPS) is 10.1. The number of rotatable bonds is 3. The van der Waals surface area contributed by atoms with E-state index in [4.69, 9.17) is 0 Å². The van der Waals surface area contributed by atoms with Crippen LogP contribution in [0.25, 0.3) is 0 Å². The molecule has 0 aliphatic rings. The first-order valence-corrected chi connectivity index (χ1v) is 3.92. The molecule has 1 aromatic rings. The molecule has 5 nitrogen and oxygen atoms in total. The van der Waals surface area contributed by atoms with Crippen LogP contribution in [0.1, 0.15) is 18.6 Å². The minimum Gasteiger partial charge on any atom is -0.291 e. The zero-order chi connectivity index (χ0) is 10.0. The fourth-order valence-electron chi connectivity index (χ4n) is 0.958. The maximum Gasteiger partial charge on any atom is 0.219 e. The van der Waals surface area contributed by atoms with E-state index >= 15 is 0 Å². The van der Waals surface area contributed by atoms with Crippen molar-refractivity contribution >= 4 is 11.6 Å². The summed E-state index contributed by atoms with van der Waals surface area (Å²) in [6.45, 7) is 4.72. The van der Waals surface area contributed by atoms with Gasteiger partial charge in [-0.3, -0.25) is 9.59 Å². The molecule has 1 heterocycles. The number of hydrogen-bond acceptors (Lipinski definition) is 4. The van der Waals surface area contributed by atoms with Gasteiger partial charge in [0.15, 0.2) is 5.78 Å². The van der Waals surface area contributed by atoms with Crippen LogP contribution in [-0.4, -0.2) is 26.3 Å². The minimum atomic E-state index is -0.451. The van der Waals surface area contributed by atoms with E-state index in [1.807, 2.05) is 0 Å². The zero-order valence-corrected chi connectivity index (χ0v) is 7.87. The third-order valence-electron chi connectivity index (χ3n) is 1.65. The topological polar surface area (TPSA) is 64.8 Å². The molecule has 0 saturated heterocycles. The van der Waals surface area contributed by atoms with Gasteiger partial charge in [-0.1, -0.05) is 0 Å². The summed E-state index contributed by atoms with van der Waals surface area (Å²) in [6.07, 6.45) is 0. The van der Waals surface area contributed by atoms with Crippen molar-refractivity contribution < 1.29 is 9.59 Å². The van der Waals surface area contributed by atoms with E-state index in [2.05, 4.69) is 10.1 Å². The lowest BCUT2D eigenvalue weighted by molar-refractivity contribution is -0.135. The van der Waals surface area contributed by atoms with Gasteiger partial charge < -0.3 is 0 Å². The van der Waals surface area contributed by atoms with Gasteiger partial charge in [-0.15, -0.1) is 0 Å². The van der Waals surface area contributed by atoms with Gasteiger partial charge in [-0.25, -0.2) is 9.67 Å². The van der Waals surface area contributed by atoms with E-state index < -0.39 is 11.6 Å². The second kappa shape index (κ2) is 3.47. The van der Waals surface area contributed by atoms with Crippen LogP contribution in [0.2, 0.25) is 0 Å². The van der Waals surface area contributed by atoms with Crippen LogP contribution < -0.4 is 0 Å². The molecule has 1 rings (SSSR count). The summed E-state index contributed by atoms with van der Waals surface area (Å²) in [7, 11) is 0. The van der Waals surface area contributed by atoms with Gasteiger partial charge in [0.1, 0.15) is 18.2 Å². The van der Waals surface area contributed by atoms with E-state index in [0.717, 1.165) is 0 Å². The van der Waals surface area contributed by atoms with Crippen LogP contribution >= 0.6 is 0 Å². The van der Waals surface area contributed by atoms with E-state index in [1.165, 1.54) is 11.6 Å². The molecule has 13 heavy (non-hydrogen) atoms. The van der Waals surface area contributed by atoms with Crippen molar-refractivity contribution in [3.05, 3.63) is 11.6 Å². The standard InChI is InChI=1S/C8H11N3O2/c1-5(12)8(13)4-11-7(3)9-6(2)10-11/h4H2,1-3H3. The second-order valence-corrected chi connectivity index (χ2v) is 2.84. The molecule has 70 valence electrons. The SMILES string of the molecule is CC(=O)C(=O)Cn1nc(C)nc1C. The average molecular weight is 181 g/mol. The molecule has 0 aliphatic carbocycles. The maximum atomic E-state index is 11.0. The Morgan fingerprint density at radius 3 is 2.38 bits per heavy atom. The number of hydrogen-bond donors (Lipinski definition) is 0. The Morgan fingerprint density at radius 2 is 2.00 bits per heavy atom. The molecule has 0 aromatic carbocycles. The summed E-state index contributed by atoms with van der Waals surface area (Å²) in [6, 6.07) is 0. The van der Waals surface area contributed by atoms with Gasteiger partial charge >= 0.3 is 0 Å². The third kappa shape index (κ3) is 2.21. The molecule has 1 aromatic heterocycles. The summed E-state index contributed by atoms with van der Waals surface area (Å²) in [5, 5.41) is 3.97. The number of carbonyl (C=O) groups is 2. The molecule has 0 aliphatic heterocycles. The number of Topliss-reactive ketones (excluding diaryl/α,β-unsaturated/α-hetero) is 2. The molecule has 0 atom stereocenters. The van der Waals surface area contributed by atoms with Crippen LogP contribution in [0, 0.1) is 13.8 Å². The fraction of sp³-hybridized carbons (Fsp3) is 0.500. The first-order valence-electron chi connectivity index (χ1n) is 3.92. The lowest BCUT2D eigenvalue weighted by Gasteiger charge is -1.98. The van der Waals surface area contributed by atoms with Crippen LogP contribution in [0.15, 0.2) is 0 Å². The quantitative estimate of drug-likeness (QED) is 0.618. The summed E-state index contributed by atoms with van der Waals surface area (Å²) in [5.74, 6) is 0.349. The van der Waals surface area contributed by atoms with E-state index in [-0.39, 0.29) is 6.54 Å². The zero-order valence-electron chi connectivity index (χ0n) is 7.87. The Hall–Kier alpha value is -1.52. The summed E-state index contributed by atoms with van der Waals surface area (Å²) < 4.78 is 1.43. The van der Waals surface area contributed by atoms with Crippen molar-refractivity contribution in [3.8, 4) is 0 Å². The summed E-state index contributed by atoms with van der Waals surface area (Å²) >= 11 is 0. The molecule has 0 fully saturated rings. The highest BCUT2D eigenvalue weighted by Gasteiger charge is 2.11. The van der Waals surface area contributed by atoms with Crippen molar-refractivity contribution in [2.24, 2.45) is 0 Å². The van der Waals surface area contributed by atoms with Gasteiger partial charge in [0.25, 0.3) is 0 Å². The summed E-state index contributed by atoms with van der Waals surface area (Å²) in [5.41, 5.74) is 0. The number of nitrogens with zero attached hydrogens (tertiary/aromatic N) is 3. The van der Waals surface area contributed by atoms with Gasteiger partial charge in [-0.05, 0) is 13.8 Å². The highest BCUT2D eigenvalue weighted by Crippen LogP contribution is 1.95. The first-order chi connectivity index (χ1) is 6.00. The fourth-order valence-corrected chi connectivity index (χ4v) is 0.958. The van der Waals surface area contributed by atoms with Crippen molar-refractivity contribution in [2.75, 3.05) is 0 Å². The molecule has 0 amide bonds. The molecule has 0 saturated carbocycles. The van der Waals surface area contributed by atoms with Crippen LogP contribution in [0.5, 0.6) is 0 Å². The molecular weight excluding hydrogens is 170 g/mol. The highest BCUT2D eigenvalue weighted by molar-refractivity contribution is 6.36. The minimum absolute atomic E-state index is 0.0119.